The number of fused-ring (bicyclic) bond motifs is 1. The van der Waals surface area contributed by atoms with E-state index in [9.17, 15) is 9.59 Å². The number of hydrogen-bond donors (Lipinski definition) is 1. The molecule has 2 heterocycles. The van der Waals surface area contributed by atoms with Gasteiger partial charge in [-0.1, -0.05) is 30.3 Å². The van der Waals surface area contributed by atoms with Crippen LogP contribution in [0.1, 0.15) is 12.5 Å². The molecule has 0 spiro atoms. The third-order valence-corrected chi connectivity index (χ3v) is 3.83. The topological polar surface area (TPSA) is 75.9 Å². The molecular formula is C14H17N3O3. The molecule has 20 heavy (non-hydrogen) atoms. The molecular weight excluding hydrogens is 258 g/mol. The molecule has 2 aliphatic rings. The van der Waals surface area contributed by atoms with E-state index in [1.165, 1.54) is 9.96 Å². The van der Waals surface area contributed by atoms with Crippen molar-refractivity contribution in [3.63, 3.8) is 0 Å². The van der Waals surface area contributed by atoms with Crippen molar-refractivity contribution < 1.29 is 14.4 Å². The first-order valence-corrected chi connectivity index (χ1v) is 6.71. The summed E-state index contributed by atoms with van der Waals surface area (Å²) in [6, 6.07) is 9.67. The zero-order valence-corrected chi connectivity index (χ0v) is 11.2. The Bertz CT molecular complexity index is 534. The Balaban J connectivity index is 1.77. The molecule has 106 valence electrons. The van der Waals surface area contributed by atoms with Gasteiger partial charge in [-0.15, -0.1) is 0 Å². The highest BCUT2D eigenvalue weighted by Crippen LogP contribution is 2.34. The van der Waals surface area contributed by atoms with Crippen LogP contribution in [-0.4, -0.2) is 40.6 Å². The highest BCUT2D eigenvalue weighted by Gasteiger charge is 2.57. The molecule has 0 saturated carbocycles. The molecule has 0 aliphatic carbocycles. The van der Waals surface area contributed by atoms with Gasteiger partial charge in [0.15, 0.2) is 6.10 Å². The van der Waals surface area contributed by atoms with Gasteiger partial charge in [-0.25, -0.2) is 0 Å². The molecule has 6 heteroatoms. The minimum atomic E-state index is -0.763. The minimum absolute atomic E-state index is 0.231. The van der Waals surface area contributed by atoms with E-state index in [1.807, 2.05) is 30.3 Å². The van der Waals surface area contributed by atoms with Crippen molar-refractivity contribution in [3.8, 4) is 0 Å². The number of nitrogens with zero attached hydrogens (tertiary/aromatic N) is 2. The third kappa shape index (κ3) is 1.93. The fraction of sp³-hybridized carbons (Fsp3) is 0.429. The van der Waals surface area contributed by atoms with Gasteiger partial charge in [-0.2, -0.15) is 5.06 Å². The summed E-state index contributed by atoms with van der Waals surface area (Å²) >= 11 is 0. The van der Waals surface area contributed by atoms with Gasteiger partial charge in [0, 0.05) is 6.54 Å². The van der Waals surface area contributed by atoms with Crippen LogP contribution in [0, 0.1) is 5.92 Å². The van der Waals surface area contributed by atoms with Gasteiger partial charge in [0.2, 0.25) is 5.91 Å². The highest BCUT2D eigenvalue weighted by molar-refractivity contribution is 6.07. The molecule has 0 radical (unpaired) electrons. The summed E-state index contributed by atoms with van der Waals surface area (Å²) in [5, 5.41) is 1.54. The van der Waals surface area contributed by atoms with Crippen LogP contribution in [0.15, 0.2) is 30.3 Å². The molecule has 1 aromatic carbocycles. The maximum Gasteiger partial charge on any atom is 0.261 e. The number of hydroxylamine groups is 2. The SMILES string of the molecule is CCN1C(=O)[C@@H]2[C@@H](ON(Cc3ccccc3)[C@H]2N)C1=O. The van der Waals surface area contributed by atoms with Gasteiger partial charge >= 0.3 is 0 Å². The number of rotatable bonds is 3. The Morgan fingerprint density at radius 3 is 2.50 bits per heavy atom. The predicted molar refractivity (Wildman–Crippen MR) is 70.7 cm³/mol. The minimum Gasteiger partial charge on any atom is -0.313 e. The molecule has 2 N–H and O–H groups in total. The van der Waals surface area contributed by atoms with E-state index in [0.29, 0.717) is 13.1 Å². The van der Waals surface area contributed by atoms with Crippen molar-refractivity contribution in [2.45, 2.75) is 25.7 Å². The smallest absolute Gasteiger partial charge is 0.261 e. The standard InChI is InChI=1S/C14H17N3O3/c1-2-16-13(18)10-11(14(16)19)20-17(12(10)15)8-9-6-4-3-5-7-9/h3-7,10-12H,2,8,15H2,1H3/t10-,11-,12-/m1/s1. The number of likely N-dealkylation sites (N-methyl/N-ethyl adjacent to an activating group) is 1. The number of likely N-dealkylation sites (tertiary alicyclic amines) is 1. The maximum absolute atomic E-state index is 12.2. The number of amides is 2. The van der Waals surface area contributed by atoms with E-state index in [2.05, 4.69) is 0 Å². The Morgan fingerprint density at radius 1 is 1.20 bits per heavy atom. The lowest BCUT2D eigenvalue weighted by molar-refractivity contribution is -0.182. The molecule has 0 unspecified atom stereocenters. The van der Waals surface area contributed by atoms with Crippen molar-refractivity contribution in [2.75, 3.05) is 6.54 Å². The lowest BCUT2D eigenvalue weighted by Crippen LogP contribution is -2.44. The number of imide groups is 1. The van der Waals surface area contributed by atoms with E-state index < -0.39 is 18.2 Å². The van der Waals surface area contributed by atoms with Crippen LogP contribution >= 0.6 is 0 Å². The number of benzene rings is 1. The molecule has 3 atom stereocenters. The lowest BCUT2D eigenvalue weighted by atomic mass is 10.0. The van der Waals surface area contributed by atoms with Crippen molar-refractivity contribution in [1.29, 1.82) is 0 Å². The summed E-state index contributed by atoms with van der Waals surface area (Å²) in [4.78, 5) is 31.1. The Labute approximate surface area is 117 Å². The van der Waals surface area contributed by atoms with E-state index in [4.69, 9.17) is 10.6 Å². The number of carbonyl (C=O) groups excluding carboxylic acids is 2. The summed E-state index contributed by atoms with van der Waals surface area (Å²) in [7, 11) is 0. The number of hydrogen-bond acceptors (Lipinski definition) is 5. The third-order valence-electron chi connectivity index (χ3n) is 3.83. The predicted octanol–water partition coefficient (Wildman–Crippen LogP) is 0.0921. The summed E-state index contributed by atoms with van der Waals surface area (Å²) in [6.45, 7) is 2.59. The van der Waals surface area contributed by atoms with Gasteiger partial charge in [-0.3, -0.25) is 19.3 Å². The van der Waals surface area contributed by atoms with Crippen LogP contribution in [0.25, 0.3) is 0 Å². The zero-order valence-electron chi connectivity index (χ0n) is 11.2. The average Bonchev–Trinajstić information content (AvgIpc) is 2.89. The fourth-order valence-corrected chi connectivity index (χ4v) is 2.77. The Morgan fingerprint density at radius 2 is 1.90 bits per heavy atom. The van der Waals surface area contributed by atoms with E-state index >= 15 is 0 Å². The van der Waals surface area contributed by atoms with Crippen molar-refractivity contribution >= 4 is 11.8 Å². The highest BCUT2D eigenvalue weighted by atomic mass is 16.7. The lowest BCUT2D eigenvalue weighted by Gasteiger charge is -2.23. The second-order valence-corrected chi connectivity index (χ2v) is 5.02. The first-order valence-electron chi connectivity index (χ1n) is 6.71. The normalized spacial score (nSPS) is 30.1. The maximum atomic E-state index is 12.2. The zero-order chi connectivity index (χ0) is 14.3. The number of nitrogens with two attached hydrogens (primary N) is 1. The molecule has 2 amide bonds. The molecule has 1 aromatic rings. The van der Waals surface area contributed by atoms with E-state index in [0.717, 1.165) is 5.56 Å². The number of carbonyl (C=O) groups is 2. The summed E-state index contributed by atoms with van der Waals surface area (Å²) in [6.07, 6.45) is -1.35. The van der Waals surface area contributed by atoms with Crippen LogP contribution < -0.4 is 5.73 Å². The van der Waals surface area contributed by atoms with E-state index in [-0.39, 0.29) is 11.8 Å². The van der Waals surface area contributed by atoms with Gasteiger partial charge in [0.05, 0.1) is 12.7 Å². The van der Waals surface area contributed by atoms with Crippen molar-refractivity contribution in [2.24, 2.45) is 11.7 Å². The van der Waals surface area contributed by atoms with Crippen molar-refractivity contribution in [1.82, 2.24) is 9.96 Å². The second-order valence-electron chi connectivity index (χ2n) is 5.02. The first-order chi connectivity index (χ1) is 9.63. The molecule has 0 bridgehead atoms. The van der Waals surface area contributed by atoms with Crippen LogP contribution in [0.3, 0.4) is 0 Å². The quantitative estimate of drug-likeness (QED) is 0.791. The molecule has 0 aromatic heterocycles. The van der Waals surface area contributed by atoms with Crippen LogP contribution in [-0.2, 0) is 21.0 Å². The fourth-order valence-electron chi connectivity index (χ4n) is 2.77. The summed E-state index contributed by atoms with van der Waals surface area (Å²) < 4.78 is 0. The largest absolute Gasteiger partial charge is 0.313 e. The van der Waals surface area contributed by atoms with Crippen molar-refractivity contribution in [3.05, 3.63) is 35.9 Å². The molecule has 3 rings (SSSR count). The Hall–Kier alpha value is -1.76. The van der Waals surface area contributed by atoms with Crippen LogP contribution in [0.2, 0.25) is 0 Å². The molecule has 2 saturated heterocycles. The molecule has 2 aliphatic heterocycles. The molecule has 2 fully saturated rings. The average molecular weight is 275 g/mol. The van der Waals surface area contributed by atoms with Gasteiger partial charge in [0.1, 0.15) is 5.92 Å². The second kappa shape index (κ2) is 4.97. The molecule has 6 nitrogen and oxygen atoms in total. The Kier molecular flexibility index (Phi) is 3.29. The van der Waals surface area contributed by atoms with Gasteiger partial charge < -0.3 is 5.73 Å². The van der Waals surface area contributed by atoms with Gasteiger partial charge in [-0.05, 0) is 12.5 Å². The van der Waals surface area contributed by atoms with Gasteiger partial charge in [0.25, 0.3) is 5.91 Å². The summed E-state index contributed by atoms with van der Waals surface area (Å²) in [5.41, 5.74) is 7.11. The van der Waals surface area contributed by atoms with Crippen LogP contribution in [0.4, 0.5) is 0 Å². The van der Waals surface area contributed by atoms with E-state index in [1.54, 1.807) is 6.92 Å². The first kappa shape index (κ1) is 13.2. The monoisotopic (exact) mass is 275 g/mol. The van der Waals surface area contributed by atoms with Crippen LogP contribution in [0.5, 0.6) is 0 Å². The summed E-state index contributed by atoms with van der Waals surface area (Å²) in [5.74, 6) is -1.11.